The fourth-order valence-corrected chi connectivity index (χ4v) is 1.26. The molecule has 1 rings (SSSR count). The predicted molar refractivity (Wildman–Crippen MR) is 56.0 cm³/mol. The second-order valence-corrected chi connectivity index (χ2v) is 3.45. The third-order valence-electron chi connectivity index (χ3n) is 2.44. The Morgan fingerprint density at radius 2 is 1.64 bits per heavy atom. The Bertz CT molecular complexity index is 236. The molecule has 0 N–H and O–H groups in total. The molecule has 1 aliphatic heterocycles. The van der Waals surface area contributed by atoms with Crippen molar-refractivity contribution in [1.29, 1.82) is 0 Å². The minimum atomic E-state index is -0.674. The molecule has 1 heterocycles. The van der Waals surface area contributed by atoms with Gasteiger partial charge >= 0.3 is 6.03 Å². The van der Waals surface area contributed by atoms with Crippen LogP contribution in [0.1, 0.15) is 34.6 Å². The summed E-state index contributed by atoms with van der Waals surface area (Å²) < 4.78 is 0. The minimum Gasteiger partial charge on any atom is -0.313 e. The van der Waals surface area contributed by atoms with Crippen LogP contribution in [0.2, 0.25) is 0 Å². The molecule has 4 heteroatoms. The van der Waals surface area contributed by atoms with Crippen LogP contribution in [0.3, 0.4) is 0 Å². The van der Waals surface area contributed by atoms with Gasteiger partial charge in [0.25, 0.3) is 5.91 Å². The van der Waals surface area contributed by atoms with Crippen molar-refractivity contribution < 1.29 is 9.59 Å². The second kappa shape index (κ2) is 4.44. The summed E-state index contributed by atoms with van der Waals surface area (Å²) in [5.41, 5.74) is -0.674. The lowest BCUT2D eigenvalue weighted by atomic mass is 10.1. The molecular formula is C10H20N2O2. The predicted octanol–water partition coefficient (Wildman–Crippen LogP) is 1.71. The van der Waals surface area contributed by atoms with Gasteiger partial charge in [0, 0.05) is 13.6 Å². The summed E-state index contributed by atoms with van der Waals surface area (Å²) in [6.07, 6.45) is 0. The molecule has 0 saturated carbocycles. The minimum absolute atomic E-state index is 0.113. The molecule has 3 amide bonds. The summed E-state index contributed by atoms with van der Waals surface area (Å²) in [6.45, 7) is 9.75. The van der Waals surface area contributed by atoms with Gasteiger partial charge in [0.15, 0.2) is 0 Å². The molecule has 0 bridgehead atoms. The first-order valence-corrected chi connectivity index (χ1v) is 5.02. The molecule has 1 saturated heterocycles. The van der Waals surface area contributed by atoms with Crippen LogP contribution in [-0.2, 0) is 4.79 Å². The molecule has 0 atom stereocenters. The first-order chi connectivity index (χ1) is 6.42. The molecular weight excluding hydrogens is 180 g/mol. The normalized spacial score (nSPS) is 19.6. The van der Waals surface area contributed by atoms with Crippen LogP contribution in [0.4, 0.5) is 4.79 Å². The van der Waals surface area contributed by atoms with E-state index < -0.39 is 5.54 Å². The van der Waals surface area contributed by atoms with E-state index in [9.17, 15) is 9.59 Å². The van der Waals surface area contributed by atoms with Gasteiger partial charge in [-0.05, 0) is 20.8 Å². The molecule has 14 heavy (non-hydrogen) atoms. The van der Waals surface area contributed by atoms with Gasteiger partial charge in [-0.25, -0.2) is 4.79 Å². The Hall–Kier alpha value is -1.06. The van der Waals surface area contributed by atoms with Crippen molar-refractivity contribution in [3.63, 3.8) is 0 Å². The summed E-state index contributed by atoms with van der Waals surface area (Å²) in [7, 11) is 1.65. The maximum absolute atomic E-state index is 11.5. The van der Waals surface area contributed by atoms with Crippen LogP contribution in [0.5, 0.6) is 0 Å². The molecule has 82 valence electrons. The van der Waals surface area contributed by atoms with E-state index in [2.05, 4.69) is 0 Å². The fraction of sp³-hybridized carbons (Fsp3) is 0.800. The van der Waals surface area contributed by atoms with Crippen LogP contribution in [-0.4, -0.2) is 40.9 Å². The van der Waals surface area contributed by atoms with Crippen LogP contribution in [0, 0.1) is 0 Å². The molecule has 0 unspecified atom stereocenters. The van der Waals surface area contributed by atoms with Crippen molar-refractivity contribution in [3.05, 3.63) is 0 Å². The number of hydrogen-bond acceptors (Lipinski definition) is 2. The Morgan fingerprint density at radius 3 is 1.79 bits per heavy atom. The third-order valence-corrected chi connectivity index (χ3v) is 2.44. The molecule has 0 aromatic carbocycles. The van der Waals surface area contributed by atoms with Crippen LogP contribution in [0.15, 0.2) is 0 Å². The molecule has 1 aliphatic rings. The highest BCUT2D eigenvalue weighted by Crippen LogP contribution is 2.24. The first-order valence-electron chi connectivity index (χ1n) is 5.02. The highest BCUT2D eigenvalue weighted by Gasteiger charge is 2.48. The zero-order valence-electron chi connectivity index (χ0n) is 9.92. The first kappa shape index (κ1) is 12.9. The smallest absolute Gasteiger partial charge is 0.313 e. The SMILES string of the molecule is CC.CCN1C(=O)N(C)C(C)(C)C1=O. The lowest BCUT2D eigenvalue weighted by molar-refractivity contribution is -0.131. The van der Waals surface area contributed by atoms with Crippen molar-refractivity contribution >= 4 is 11.9 Å². The van der Waals surface area contributed by atoms with E-state index in [0.29, 0.717) is 6.54 Å². The van der Waals surface area contributed by atoms with Crippen molar-refractivity contribution in [1.82, 2.24) is 9.80 Å². The number of rotatable bonds is 1. The monoisotopic (exact) mass is 200 g/mol. The quantitative estimate of drug-likeness (QED) is 0.604. The van der Waals surface area contributed by atoms with E-state index in [1.165, 1.54) is 9.80 Å². The standard InChI is InChI=1S/C8H14N2O2.C2H6/c1-5-10-6(11)8(2,3)9(4)7(10)12;1-2/h5H2,1-4H3;1-2H3. The summed E-state index contributed by atoms with van der Waals surface area (Å²) >= 11 is 0. The lowest BCUT2D eigenvalue weighted by Gasteiger charge is -2.22. The number of carbonyl (C=O) groups excluding carboxylic acids is 2. The van der Waals surface area contributed by atoms with Crippen molar-refractivity contribution in [2.75, 3.05) is 13.6 Å². The van der Waals surface area contributed by atoms with Gasteiger partial charge in [-0.1, -0.05) is 13.8 Å². The van der Waals surface area contributed by atoms with E-state index in [-0.39, 0.29) is 11.9 Å². The summed E-state index contributed by atoms with van der Waals surface area (Å²) in [4.78, 5) is 25.7. The summed E-state index contributed by atoms with van der Waals surface area (Å²) in [6, 6.07) is -0.201. The van der Waals surface area contributed by atoms with Gasteiger partial charge in [-0.3, -0.25) is 9.69 Å². The average Bonchev–Trinajstić information content (AvgIpc) is 2.32. The van der Waals surface area contributed by atoms with Gasteiger partial charge in [-0.15, -0.1) is 0 Å². The van der Waals surface area contributed by atoms with E-state index in [1.54, 1.807) is 27.8 Å². The molecule has 0 aliphatic carbocycles. The highest BCUT2D eigenvalue weighted by molar-refractivity contribution is 6.06. The Balaban J connectivity index is 0.000000791. The Morgan fingerprint density at radius 1 is 1.21 bits per heavy atom. The highest BCUT2D eigenvalue weighted by atomic mass is 16.2. The third kappa shape index (κ3) is 1.74. The Labute approximate surface area is 85.9 Å². The molecule has 0 aromatic heterocycles. The number of imide groups is 1. The van der Waals surface area contributed by atoms with E-state index in [0.717, 1.165) is 0 Å². The Kier molecular flexibility index (Phi) is 4.10. The van der Waals surface area contributed by atoms with Crippen LogP contribution in [0.25, 0.3) is 0 Å². The van der Waals surface area contributed by atoms with Gasteiger partial charge in [-0.2, -0.15) is 0 Å². The van der Waals surface area contributed by atoms with E-state index in [4.69, 9.17) is 0 Å². The zero-order valence-corrected chi connectivity index (χ0v) is 9.92. The van der Waals surface area contributed by atoms with E-state index >= 15 is 0 Å². The largest absolute Gasteiger partial charge is 0.327 e. The molecule has 1 fully saturated rings. The number of likely N-dealkylation sites (N-methyl/N-ethyl adjacent to an activating group) is 2. The maximum atomic E-state index is 11.5. The zero-order chi connectivity index (χ0) is 11.5. The fourth-order valence-electron chi connectivity index (χ4n) is 1.26. The summed E-state index contributed by atoms with van der Waals surface area (Å²) in [5, 5.41) is 0. The van der Waals surface area contributed by atoms with Gasteiger partial charge in [0.05, 0.1) is 0 Å². The molecule has 0 aromatic rings. The number of hydrogen-bond donors (Lipinski definition) is 0. The number of nitrogens with zero attached hydrogens (tertiary/aromatic N) is 2. The van der Waals surface area contributed by atoms with Gasteiger partial charge in [0.1, 0.15) is 5.54 Å². The lowest BCUT2D eigenvalue weighted by Crippen LogP contribution is -2.41. The molecule has 0 spiro atoms. The van der Waals surface area contributed by atoms with Crippen molar-refractivity contribution in [3.8, 4) is 0 Å². The number of amides is 3. The topological polar surface area (TPSA) is 40.6 Å². The second-order valence-electron chi connectivity index (χ2n) is 3.45. The average molecular weight is 200 g/mol. The molecule has 0 radical (unpaired) electrons. The van der Waals surface area contributed by atoms with Crippen LogP contribution < -0.4 is 0 Å². The van der Waals surface area contributed by atoms with Gasteiger partial charge in [0.2, 0.25) is 0 Å². The van der Waals surface area contributed by atoms with Crippen molar-refractivity contribution in [2.45, 2.75) is 40.2 Å². The summed E-state index contributed by atoms with van der Waals surface area (Å²) in [5.74, 6) is -0.113. The van der Waals surface area contributed by atoms with Gasteiger partial charge < -0.3 is 4.90 Å². The molecule has 4 nitrogen and oxygen atoms in total. The van der Waals surface area contributed by atoms with Crippen LogP contribution >= 0.6 is 0 Å². The number of urea groups is 1. The van der Waals surface area contributed by atoms with E-state index in [1.807, 2.05) is 13.8 Å². The maximum Gasteiger partial charge on any atom is 0.327 e. The van der Waals surface area contributed by atoms with Crippen molar-refractivity contribution in [2.24, 2.45) is 0 Å². The number of carbonyl (C=O) groups is 2.